The monoisotopic (exact) mass is 145 g/mol. The van der Waals surface area contributed by atoms with Crippen LogP contribution in [0.2, 0.25) is 0 Å². The van der Waals surface area contributed by atoms with Crippen molar-refractivity contribution in [1.82, 2.24) is 4.57 Å². The lowest BCUT2D eigenvalue weighted by atomic mass is 10.9. The molecule has 0 aromatic carbocycles. The fourth-order valence-corrected chi connectivity index (χ4v) is 0.995. The van der Waals surface area contributed by atoms with Crippen LogP contribution in [0, 0.1) is 0 Å². The van der Waals surface area contributed by atoms with Crippen molar-refractivity contribution in [3.63, 3.8) is 0 Å². The van der Waals surface area contributed by atoms with E-state index in [2.05, 4.69) is 4.42 Å². The molecule has 1 heterocycles. The summed E-state index contributed by atoms with van der Waals surface area (Å²) in [5.41, 5.74) is 0. The molecule has 50 valence electrons. The van der Waals surface area contributed by atoms with Crippen LogP contribution in [0.25, 0.3) is 0 Å². The third-order valence-electron chi connectivity index (χ3n) is 0.912. The molecule has 9 heavy (non-hydrogen) atoms. The minimum atomic E-state index is -0.288. The zero-order valence-corrected chi connectivity index (χ0v) is 5.85. The summed E-state index contributed by atoms with van der Waals surface area (Å²) >= 11 is 1.58. The Morgan fingerprint density at radius 3 is 3.11 bits per heavy atom. The van der Waals surface area contributed by atoms with Gasteiger partial charge >= 0.3 is 5.76 Å². The van der Waals surface area contributed by atoms with E-state index in [0.29, 0.717) is 5.88 Å². The van der Waals surface area contributed by atoms with Gasteiger partial charge in [0, 0.05) is 6.20 Å². The number of thioether (sulfide) groups is 1. The summed E-state index contributed by atoms with van der Waals surface area (Å²) < 4.78 is 6.02. The predicted molar refractivity (Wildman–Crippen MR) is 36.5 cm³/mol. The Morgan fingerprint density at radius 1 is 1.89 bits per heavy atom. The van der Waals surface area contributed by atoms with Crippen LogP contribution in [-0.4, -0.2) is 10.8 Å². The number of hydrogen-bond acceptors (Lipinski definition) is 3. The van der Waals surface area contributed by atoms with Crippen LogP contribution in [0.3, 0.4) is 0 Å². The van der Waals surface area contributed by atoms with Crippen molar-refractivity contribution in [2.75, 3.05) is 6.26 Å². The van der Waals surface area contributed by atoms with Crippen LogP contribution in [0.1, 0.15) is 0 Å². The Kier molecular flexibility index (Phi) is 2.00. The maximum Gasteiger partial charge on any atom is 0.419 e. The summed E-state index contributed by atoms with van der Waals surface area (Å²) in [7, 11) is 0. The largest absolute Gasteiger partial charge is 0.419 e. The van der Waals surface area contributed by atoms with E-state index >= 15 is 0 Å². The molecule has 0 saturated heterocycles. The summed E-state index contributed by atoms with van der Waals surface area (Å²) in [5.74, 6) is 0.374. The molecule has 0 aliphatic rings. The third-order valence-corrected chi connectivity index (χ3v) is 1.45. The van der Waals surface area contributed by atoms with E-state index in [9.17, 15) is 4.79 Å². The van der Waals surface area contributed by atoms with Crippen molar-refractivity contribution in [2.45, 2.75) is 5.88 Å². The van der Waals surface area contributed by atoms with Gasteiger partial charge in [0.1, 0.15) is 6.26 Å². The number of hydrogen-bond donors (Lipinski definition) is 0. The molecule has 0 fully saturated rings. The van der Waals surface area contributed by atoms with Gasteiger partial charge in [-0.1, -0.05) is 0 Å². The van der Waals surface area contributed by atoms with Gasteiger partial charge in [0.05, 0.1) is 5.88 Å². The van der Waals surface area contributed by atoms with Crippen molar-refractivity contribution in [1.29, 1.82) is 0 Å². The molecule has 0 N–H and O–H groups in total. The van der Waals surface area contributed by atoms with E-state index in [0.717, 1.165) is 0 Å². The zero-order chi connectivity index (χ0) is 6.69. The quantitative estimate of drug-likeness (QED) is 0.616. The number of nitrogens with zero attached hydrogens (tertiary/aromatic N) is 1. The van der Waals surface area contributed by atoms with E-state index in [1.165, 1.54) is 10.8 Å². The van der Waals surface area contributed by atoms with Gasteiger partial charge in [-0.05, 0) is 6.26 Å². The molecule has 3 nitrogen and oxygen atoms in total. The van der Waals surface area contributed by atoms with Gasteiger partial charge in [0.25, 0.3) is 0 Å². The first kappa shape index (κ1) is 6.48. The first-order valence-corrected chi connectivity index (χ1v) is 3.87. The third kappa shape index (κ3) is 1.38. The van der Waals surface area contributed by atoms with Crippen LogP contribution in [0.15, 0.2) is 21.7 Å². The Morgan fingerprint density at radius 2 is 2.67 bits per heavy atom. The molecule has 1 rings (SSSR count). The molecule has 0 amide bonds. The number of oxazole rings is 1. The zero-order valence-electron chi connectivity index (χ0n) is 5.03. The van der Waals surface area contributed by atoms with Gasteiger partial charge in [0.2, 0.25) is 0 Å². The highest BCUT2D eigenvalue weighted by Crippen LogP contribution is 1.94. The minimum Gasteiger partial charge on any atom is -0.416 e. The van der Waals surface area contributed by atoms with Gasteiger partial charge in [0.15, 0.2) is 0 Å². The predicted octanol–water partition coefficient (Wildman–Crippen LogP) is 0.762. The second-order valence-electron chi connectivity index (χ2n) is 1.56. The lowest BCUT2D eigenvalue weighted by Gasteiger charge is -1.90. The highest BCUT2D eigenvalue weighted by atomic mass is 32.2. The second kappa shape index (κ2) is 2.77. The van der Waals surface area contributed by atoms with E-state index < -0.39 is 0 Å². The fraction of sp³-hybridized carbons (Fsp3) is 0.400. The Hall–Kier alpha value is -0.640. The smallest absolute Gasteiger partial charge is 0.416 e. The molecule has 1 aromatic heterocycles. The van der Waals surface area contributed by atoms with Crippen molar-refractivity contribution >= 4 is 11.8 Å². The van der Waals surface area contributed by atoms with E-state index in [4.69, 9.17) is 0 Å². The summed E-state index contributed by atoms with van der Waals surface area (Å²) in [5, 5.41) is 0. The van der Waals surface area contributed by atoms with Crippen LogP contribution >= 0.6 is 11.8 Å². The van der Waals surface area contributed by atoms with E-state index in [1.807, 2.05) is 6.26 Å². The Labute approximate surface area is 56.7 Å². The lowest BCUT2D eigenvalue weighted by Crippen LogP contribution is -2.10. The fourth-order valence-electron chi connectivity index (χ4n) is 0.525. The molecule has 4 heteroatoms. The highest BCUT2D eigenvalue weighted by molar-refractivity contribution is 7.97. The molecule has 0 unspecified atom stereocenters. The molecule has 0 saturated carbocycles. The topological polar surface area (TPSA) is 35.1 Å². The first-order chi connectivity index (χ1) is 4.34. The highest BCUT2D eigenvalue weighted by Gasteiger charge is 1.93. The molecule has 1 aromatic rings. The molecule has 0 aliphatic carbocycles. The van der Waals surface area contributed by atoms with Gasteiger partial charge < -0.3 is 4.42 Å². The van der Waals surface area contributed by atoms with Crippen molar-refractivity contribution in [2.24, 2.45) is 0 Å². The summed E-state index contributed by atoms with van der Waals surface area (Å²) in [6.45, 7) is 0. The molecule has 0 spiro atoms. The maximum atomic E-state index is 10.6. The summed E-state index contributed by atoms with van der Waals surface area (Å²) in [4.78, 5) is 10.6. The molecule has 0 aliphatic heterocycles. The van der Waals surface area contributed by atoms with E-state index in [-0.39, 0.29) is 5.76 Å². The first-order valence-electron chi connectivity index (χ1n) is 2.47. The van der Waals surface area contributed by atoms with Gasteiger partial charge in [-0.25, -0.2) is 4.79 Å². The average Bonchev–Trinajstić information content (AvgIpc) is 2.18. The minimum absolute atomic E-state index is 0.288. The normalized spacial score (nSPS) is 9.89. The second-order valence-corrected chi connectivity index (χ2v) is 2.39. The van der Waals surface area contributed by atoms with Crippen molar-refractivity contribution in [3.05, 3.63) is 23.0 Å². The van der Waals surface area contributed by atoms with Gasteiger partial charge in [-0.2, -0.15) is 0 Å². The molecule has 0 atom stereocenters. The van der Waals surface area contributed by atoms with Crippen molar-refractivity contribution < 1.29 is 4.42 Å². The molecular weight excluding hydrogens is 138 g/mol. The molecule has 0 bridgehead atoms. The summed E-state index contributed by atoms with van der Waals surface area (Å²) in [6.07, 6.45) is 4.94. The van der Waals surface area contributed by atoms with Crippen LogP contribution in [0.5, 0.6) is 0 Å². The molecular formula is C5H7NO2S. The van der Waals surface area contributed by atoms with Crippen LogP contribution in [0.4, 0.5) is 0 Å². The van der Waals surface area contributed by atoms with Crippen LogP contribution < -0.4 is 5.76 Å². The van der Waals surface area contributed by atoms with Gasteiger partial charge in [-0.3, -0.25) is 4.57 Å². The lowest BCUT2D eigenvalue weighted by molar-refractivity contribution is 0.493. The number of aromatic nitrogens is 1. The van der Waals surface area contributed by atoms with Crippen LogP contribution in [-0.2, 0) is 5.88 Å². The standard InChI is InChI=1S/C5H7NO2S/c1-9-4-6-2-3-8-5(6)7/h2-3H,4H2,1H3. The Balaban J connectivity index is 2.81. The van der Waals surface area contributed by atoms with Crippen molar-refractivity contribution in [3.8, 4) is 0 Å². The van der Waals surface area contributed by atoms with Gasteiger partial charge in [-0.15, -0.1) is 11.8 Å². The number of rotatable bonds is 2. The average molecular weight is 145 g/mol. The maximum absolute atomic E-state index is 10.6. The van der Waals surface area contributed by atoms with E-state index in [1.54, 1.807) is 18.0 Å². The molecule has 0 radical (unpaired) electrons. The SMILES string of the molecule is CSCn1ccoc1=O. The Bertz CT molecular complexity index is 227. The summed E-state index contributed by atoms with van der Waals surface area (Å²) in [6, 6.07) is 0.